The molecule has 3 rings (SSSR count). The zero-order valence-electron chi connectivity index (χ0n) is 12.9. The molecule has 118 valence electrons. The number of anilines is 1. The number of ether oxygens (including phenoxy) is 1. The maximum atomic E-state index is 13.1. The van der Waals surface area contributed by atoms with Crippen LogP contribution in [0.1, 0.15) is 22.8 Å². The van der Waals surface area contributed by atoms with E-state index < -0.39 is 11.9 Å². The highest BCUT2D eigenvalue weighted by atomic mass is 16.5. The Morgan fingerprint density at radius 1 is 1.17 bits per heavy atom. The summed E-state index contributed by atoms with van der Waals surface area (Å²) in [5.74, 6) is -0.279. The molecule has 23 heavy (non-hydrogen) atoms. The molecule has 1 aliphatic heterocycles. The lowest BCUT2D eigenvalue weighted by Crippen LogP contribution is -2.46. The molecule has 0 spiro atoms. The Bertz CT molecular complexity index is 757. The fraction of sp³-hybridized carbons (Fsp3) is 0.222. The summed E-state index contributed by atoms with van der Waals surface area (Å²) in [6.07, 6.45) is 0.439. The lowest BCUT2D eigenvalue weighted by molar-refractivity contribution is -0.119. The third-order valence-corrected chi connectivity index (χ3v) is 3.94. The van der Waals surface area contributed by atoms with Crippen molar-refractivity contribution >= 4 is 17.5 Å². The van der Waals surface area contributed by atoms with Crippen LogP contribution in [0.5, 0.6) is 5.75 Å². The van der Waals surface area contributed by atoms with E-state index in [1.807, 2.05) is 37.3 Å². The molecule has 2 aromatic rings. The van der Waals surface area contributed by atoms with Crippen LogP contribution in [-0.4, -0.2) is 24.5 Å². The number of primary amides is 1. The molecule has 0 bridgehead atoms. The molecule has 0 saturated heterocycles. The summed E-state index contributed by atoms with van der Waals surface area (Å²) in [6.45, 7) is 2.32. The summed E-state index contributed by atoms with van der Waals surface area (Å²) in [5, 5.41) is 0. The van der Waals surface area contributed by atoms with Crippen molar-refractivity contribution in [3.05, 3.63) is 59.7 Å². The first-order valence-electron chi connectivity index (χ1n) is 7.56. The molecular formula is C18H18N2O3. The highest BCUT2D eigenvalue weighted by Gasteiger charge is 2.38. The predicted molar refractivity (Wildman–Crippen MR) is 87.5 cm³/mol. The van der Waals surface area contributed by atoms with Crippen LogP contribution in [0.15, 0.2) is 48.5 Å². The lowest BCUT2D eigenvalue weighted by atomic mass is 10.1. The van der Waals surface area contributed by atoms with Gasteiger partial charge in [0.15, 0.2) is 0 Å². The Labute approximate surface area is 134 Å². The normalized spacial score (nSPS) is 16.0. The first-order valence-corrected chi connectivity index (χ1v) is 7.56. The quantitative estimate of drug-likeness (QED) is 0.940. The topological polar surface area (TPSA) is 72.6 Å². The Morgan fingerprint density at radius 3 is 2.61 bits per heavy atom. The van der Waals surface area contributed by atoms with E-state index in [9.17, 15) is 9.59 Å². The van der Waals surface area contributed by atoms with Crippen molar-refractivity contribution in [2.24, 2.45) is 5.73 Å². The Kier molecular flexibility index (Phi) is 4.02. The van der Waals surface area contributed by atoms with Crippen molar-refractivity contribution in [1.82, 2.24) is 0 Å². The second kappa shape index (κ2) is 6.12. The number of carbonyl (C=O) groups excluding carboxylic acids is 2. The molecule has 5 heteroatoms. The highest BCUT2D eigenvalue weighted by Crippen LogP contribution is 2.34. The number of hydrogen-bond acceptors (Lipinski definition) is 3. The van der Waals surface area contributed by atoms with E-state index in [0.717, 1.165) is 11.3 Å². The average molecular weight is 310 g/mol. The second-order valence-electron chi connectivity index (χ2n) is 5.36. The number of nitrogens with zero attached hydrogens (tertiary/aromatic N) is 1. The number of hydrogen-bond donors (Lipinski definition) is 1. The third-order valence-electron chi connectivity index (χ3n) is 3.94. The fourth-order valence-electron chi connectivity index (χ4n) is 2.92. The van der Waals surface area contributed by atoms with Gasteiger partial charge in [-0.3, -0.25) is 14.5 Å². The average Bonchev–Trinajstić information content (AvgIpc) is 2.95. The number of para-hydroxylation sites is 2. The zero-order chi connectivity index (χ0) is 16.4. The fourth-order valence-corrected chi connectivity index (χ4v) is 2.92. The van der Waals surface area contributed by atoms with Gasteiger partial charge in [0, 0.05) is 12.1 Å². The summed E-state index contributed by atoms with van der Waals surface area (Å²) in [5.41, 5.74) is 7.62. The molecule has 2 aromatic carbocycles. The van der Waals surface area contributed by atoms with Gasteiger partial charge in [0.05, 0.1) is 12.2 Å². The van der Waals surface area contributed by atoms with Gasteiger partial charge >= 0.3 is 0 Å². The Morgan fingerprint density at radius 2 is 1.87 bits per heavy atom. The molecule has 0 aliphatic carbocycles. The smallest absolute Gasteiger partial charge is 0.262 e. The van der Waals surface area contributed by atoms with Crippen LogP contribution < -0.4 is 15.4 Å². The standard InChI is InChI=1S/C18H18N2O3/c1-2-23-16-10-6-4-8-13(16)18(22)20-14-9-5-3-7-12(14)11-15(20)17(19)21/h3-10,15H,2,11H2,1H3,(H2,19,21)/t15-/m0/s1. The van der Waals surface area contributed by atoms with Gasteiger partial charge in [-0.05, 0) is 30.7 Å². The van der Waals surface area contributed by atoms with Crippen LogP contribution in [0.25, 0.3) is 0 Å². The van der Waals surface area contributed by atoms with E-state index in [1.54, 1.807) is 18.2 Å². The molecule has 0 saturated carbocycles. The number of fused-ring (bicyclic) bond motifs is 1. The summed E-state index contributed by atoms with van der Waals surface area (Å²) >= 11 is 0. The summed E-state index contributed by atoms with van der Waals surface area (Å²) in [7, 11) is 0. The van der Waals surface area contributed by atoms with E-state index in [0.29, 0.717) is 24.3 Å². The van der Waals surface area contributed by atoms with Crippen LogP contribution in [0.3, 0.4) is 0 Å². The van der Waals surface area contributed by atoms with Crippen LogP contribution in [0.2, 0.25) is 0 Å². The van der Waals surface area contributed by atoms with Crippen LogP contribution in [0, 0.1) is 0 Å². The Balaban J connectivity index is 2.05. The first-order chi connectivity index (χ1) is 11.1. The summed E-state index contributed by atoms with van der Waals surface area (Å²) < 4.78 is 5.54. The molecular weight excluding hydrogens is 292 g/mol. The number of carbonyl (C=O) groups is 2. The molecule has 0 unspecified atom stereocenters. The van der Waals surface area contributed by atoms with Gasteiger partial charge in [0.2, 0.25) is 5.91 Å². The summed E-state index contributed by atoms with van der Waals surface area (Å²) in [6, 6.07) is 13.8. The number of amides is 2. The number of benzene rings is 2. The molecule has 0 aromatic heterocycles. The molecule has 1 atom stereocenters. The monoisotopic (exact) mass is 310 g/mol. The SMILES string of the molecule is CCOc1ccccc1C(=O)N1c2ccccc2C[C@H]1C(N)=O. The van der Waals surface area contributed by atoms with Crippen molar-refractivity contribution in [2.75, 3.05) is 11.5 Å². The molecule has 2 amide bonds. The minimum atomic E-state index is -0.672. The van der Waals surface area contributed by atoms with Crippen molar-refractivity contribution in [3.63, 3.8) is 0 Å². The maximum Gasteiger partial charge on any atom is 0.262 e. The van der Waals surface area contributed by atoms with Gasteiger partial charge in [-0.25, -0.2) is 0 Å². The highest BCUT2D eigenvalue weighted by molar-refractivity contribution is 6.12. The Hall–Kier alpha value is -2.82. The first kappa shape index (κ1) is 15.1. The van der Waals surface area contributed by atoms with Crippen molar-refractivity contribution in [2.45, 2.75) is 19.4 Å². The molecule has 0 radical (unpaired) electrons. The van der Waals surface area contributed by atoms with Crippen molar-refractivity contribution in [1.29, 1.82) is 0 Å². The van der Waals surface area contributed by atoms with E-state index in [2.05, 4.69) is 0 Å². The molecule has 0 fully saturated rings. The summed E-state index contributed by atoms with van der Waals surface area (Å²) in [4.78, 5) is 26.4. The van der Waals surface area contributed by atoms with Gasteiger partial charge in [-0.2, -0.15) is 0 Å². The zero-order valence-corrected chi connectivity index (χ0v) is 12.9. The van der Waals surface area contributed by atoms with Crippen LogP contribution in [-0.2, 0) is 11.2 Å². The second-order valence-corrected chi connectivity index (χ2v) is 5.36. The minimum Gasteiger partial charge on any atom is -0.493 e. The van der Waals surface area contributed by atoms with E-state index in [1.165, 1.54) is 4.90 Å². The van der Waals surface area contributed by atoms with Crippen LogP contribution in [0.4, 0.5) is 5.69 Å². The van der Waals surface area contributed by atoms with Crippen LogP contribution >= 0.6 is 0 Å². The molecule has 5 nitrogen and oxygen atoms in total. The molecule has 2 N–H and O–H groups in total. The lowest BCUT2D eigenvalue weighted by Gasteiger charge is -2.24. The van der Waals surface area contributed by atoms with Gasteiger partial charge in [-0.15, -0.1) is 0 Å². The third kappa shape index (κ3) is 2.65. The van der Waals surface area contributed by atoms with Gasteiger partial charge in [-0.1, -0.05) is 30.3 Å². The maximum absolute atomic E-state index is 13.1. The minimum absolute atomic E-state index is 0.275. The number of rotatable bonds is 4. The van der Waals surface area contributed by atoms with E-state index in [-0.39, 0.29) is 5.91 Å². The van der Waals surface area contributed by atoms with Gasteiger partial charge in [0.25, 0.3) is 5.91 Å². The van der Waals surface area contributed by atoms with Gasteiger partial charge in [0.1, 0.15) is 11.8 Å². The van der Waals surface area contributed by atoms with Crippen molar-refractivity contribution < 1.29 is 14.3 Å². The van der Waals surface area contributed by atoms with E-state index >= 15 is 0 Å². The predicted octanol–water partition coefficient (Wildman–Crippen LogP) is 2.14. The van der Waals surface area contributed by atoms with Gasteiger partial charge < -0.3 is 10.5 Å². The van der Waals surface area contributed by atoms with Crippen molar-refractivity contribution in [3.8, 4) is 5.75 Å². The molecule has 1 aliphatic rings. The van der Waals surface area contributed by atoms with E-state index in [4.69, 9.17) is 10.5 Å². The number of nitrogens with two attached hydrogens (primary N) is 1. The largest absolute Gasteiger partial charge is 0.493 e. The molecule has 1 heterocycles.